The molecule has 7 atom stereocenters. The number of fused-ring (bicyclic) bond motifs is 1. The van der Waals surface area contributed by atoms with E-state index in [1.807, 2.05) is 20.8 Å². The topological polar surface area (TPSA) is 106 Å². The van der Waals surface area contributed by atoms with Crippen LogP contribution in [0.4, 0.5) is 5.69 Å². The van der Waals surface area contributed by atoms with Crippen molar-refractivity contribution in [3.8, 4) is 5.75 Å². The van der Waals surface area contributed by atoms with E-state index in [-0.39, 0.29) is 37.5 Å². The first-order chi connectivity index (χ1) is 19.7. The number of carbonyl (C=O) groups excluding carboxylic acids is 3. The van der Waals surface area contributed by atoms with Gasteiger partial charge in [-0.3, -0.25) is 14.4 Å². The molecule has 0 aliphatic carbocycles. The van der Waals surface area contributed by atoms with Crippen molar-refractivity contribution in [2.45, 2.75) is 76.2 Å². The number of carbonyl (C=O) groups is 3. The molecule has 3 fully saturated rings. The fraction of sp³-hybridized carbons (Fsp3) is 0.594. The zero-order valence-electron chi connectivity index (χ0n) is 24.7. The van der Waals surface area contributed by atoms with Crippen LogP contribution in [0.25, 0.3) is 0 Å². The van der Waals surface area contributed by atoms with Crippen LogP contribution in [0.3, 0.4) is 0 Å². The van der Waals surface area contributed by atoms with Crippen LogP contribution >= 0.6 is 0 Å². The summed E-state index contributed by atoms with van der Waals surface area (Å²) in [5.74, 6) is -2.34. The first-order valence-corrected chi connectivity index (χ1v) is 14.7. The Morgan fingerprint density at radius 2 is 1.93 bits per heavy atom. The molecule has 4 rings (SSSR count). The lowest BCUT2D eigenvalue weighted by atomic mass is 9.65. The number of rotatable bonds is 14. The van der Waals surface area contributed by atoms with Crippen molar-refractivity contribution in [2.24, 2.45) is 17.8 Å². The molecule has 41 heavy (non-hydrogen) atoms. The number of ether oxygens (including phenoxy) is 3. The number of benzene rings is 1. The quantitative estimate of drug-likeness (QED) is 0.206. The van der Waals surface area contributed by atoms with Crippen molar-refractivity contribution >= 4 is 23.5 Å². The monoisotopic (exact) mass is 568 g/mol. The van der Waals surface area contributed by atoms with Crippen LogP contribution in [-0.2, 0) is 23.9 Å². The number of likely N-dealkylation sites (tertiary alicyclic amines) is 1. The molecule has 1 aromatic carbocycles. The van der Waals surface area contributed by atoms with Gasteiger partial charge in [0.05, 0.1) is 37.9 Å². The molecule has 9 nitrogen and oxygen atoms in total. The number of anilines is 1. The molecule has 3 saturated heterocycles. The predicted molar refractivity (Wildman–Crippen MR) is 155 cm³/mol. The maximum absolute atomic E-state index is 14.7. The Balaban J connectivity index is 1.84. The number of hydrogen-bond donors (Lipinski definition) is 1. The van der Waals surface area contributed by atoms with Gasteiger partial charge in [-0.25, -0.2) is 0 Å². The van der Waals surface area contributed by atoms with Crippen LogP contribution < -0.4 is 9.64 Å². The second-order valence-electron chi connectivity index (χ2n) is 11.4. The molecular weight excluding hydrogens is 524 g/mol. The van der Waals surface area contributed by atoms with E-state index in [9.17, 15) is 19.5 Å². The molecule has 0 radical (unpaired) electrons. The molecule has 1 spiro atoms. The van der Waals surface area contributed by atoms with Gasteiger partial charge in [-0.1, -0.05) is 39.3 Å². The highest BCUT2D eigenvalue weighted by Gasteiger charge is 2.79. The van der Waals surface area contributed by atoms with Crippen molar-refractivity contribution < 1.29 is 33.7 Å². The van der Waals surface area contributed by atoms with E-state index < -0.39 is 41.1 Å². The third-order valence-electron chi connectivity index (χ3n) is 9.48. The Morgan fingerprint density at radius 3 is 2.49 bits per heavy atom. The molecule has 2 unspecified atom stereocenters. The van der Waals surface area contributed by atoms with E-state index in [1.54, 1.807) is 48.4 Å². The van der Waals surface area contributed by atoms with Crippen molar-refractivity contribution in [1.29, 1.82) is 0 Å². The van der Waals surface area contributed by atoms with E-state index in [4.69, 9.17) is 14.2 Å². The molecule has 3 aliphatic rings. The third-order valence-corrected chi connectivity index (χ3v) is 9.48. The van der Waals surface area contributed by atoms with Crippen LogP contribution in [0, 0.1) is 17.8 Å². The molecule has 1 aromatic rings. The highest BCUT2D eigenvalue weighted by atomic mass is 16.6. The number of esters is 1. The molecule has 1 N–H and O–H groups in total. The molecule has 2 bridgehead atoms. The third kappa shape index (κ3) is 4.97. The normalized spacial score (nSPS) is 29.5. The van der Waals surface area contributed by atoms with Gasteiger partial charge < -0.3 is 29.1 Å². The van der Waals surface area contributed by atoms with Gasteiger partial charge in [-0.2, -0.15) is 0 Å². The first kappa shape index (κ1) is 30.8. The number of nitrogens with zero attached hydrogens (tertiary/aromatic N) is 2. The van der Waals surface area contributed by atoms with E-state index in [2.05, 4.69) is 13.2 Å². The number of amides is 2. The summed E-state index contributed by atoms with van der Waals surface area (Å²) >= 11 is 0. The Kier molecular flexibility index (Phi) is 9.29. The van der Waals surface area contributed by atoms with Gasteiger partial charge in [-0.05, 0) is 55.9 Å². The van der Waals surface area contributed by atoms with Gasteiger partial charge in [0, 0.05) is 12.2 Å². The van der Waals surface area contributed by atoms with Crippen molar-refractivity contribution in [3.63, 3.8) is 0 Å². The molecule has 9 heteroatoms. The molecular formula is C32H44N2O7. The van der Waals surface area contributed by atoms with E-state index in [0.717, 1.165) is 0 Å². The summed E-state index contributed by atoms with van der Waals surface area (Å²) < 4.78 is 17.8. The van der Waals surface area contributed by atoms with Crippen molar-refractivity contribution in [2.75, 3.05) is 31.8 Å². The average Bonchev–Trinajstić information content (AvgIpc) is 3.60. The summed E-state index contributed by atoms with van der Waals surface area (Å²) in [7, 11) is 1.57. The average molecular weight is 569 g/mol. The summed E-state index contributed by atoms with van der Waals surface area (Å²) in [4.78, 5) is 46.0. The molecule has 3 aliphatic heterocycles. The lowest BCUT2D eigenvalue weighted by Gasteiger charge is -2.41. The predicted octanol–water partition coefficient (Wildman–Crippen LogP) is 3.90. The van der Waals surface area contributed by atoms with Gasteiger partial charge in [0.1, 0.15) is 23.3 Å². The minimum absolute atomic E-state index is 0.0985. The number of methoxy groups -OCH3 is 1. The molecule has 2 amide bonds. The zero-order valence-corrected chi connectivity index (χ0v) is 24.7. The van der Waals surface area contributed by atoms with Gasteiger partial charge in [0.2, 0.25) is 5.91 Å². The molecule has 0 saturated carbocycles. The van der Waals surface area contributed by atoms with Crippen molar-refractivity contribution in [3.05, 3.63) is 49.6 Å². The van der Waals surface area contributed by atoms with Crippen LogP contribution in [0.1, 0.15) is 52.9 Å². The van der Waals surface area contributed by atoms with Crippen LogP contribution in [0.15, 0.2) is 49.6 Å². The Bertz CT molecular complexity index is 1150. The van der Waals surface area contributed by atoms with Gasteiger partial charge in [-0.15, -0.1) is 13.2 Å². The highest BCUT2D eigenvalue weighted by Crippen LogP contribution is 2.65. The highest BCUT2D eigenvalue weighted by molar-refractivity contribution is 6.05. The second-order valence-corrected chi connectivity index (χ2v) is 11.4. The van der Waals surface area contributed by atoms with Gasteiger partial charge in [0.15, 0.2) is 0 Å². The fourth-order valence-electron chi connectivity index (χ4n) is 7.16. The second kappa shape index (κ2) is 12.4. The lowest BCUT2D eigenvalue weighted by molar-refractivity contribution is -0.162. The Hall–Kier alpha value is -3.17. The fourth-order valence-corrected chi connectivity index (χ4v) is 7.16. The largest absolute Gasteiger partial charge is 0.497 e. The smallest absolute Gasteiger partial charge is 0.312 e. The SMILES string of the molecule is C=CCCOC(=O)[C@@H]1[C@H]2C(=O)N([C@@H](CO)[C@@H](C)CC)C(C(=O)N(CC=C)c3ccc(OC)cc3)C23CC[C@@]1(CC)O3. The molecule has 0 aromatic heterocycles. The number of aliphatic hydroxyl groups is 1. The minimum Gasteiger partial charge on any atom is -0.497 e. The number of aliphatic hydroxyl groups excluding tert-OH is 1. The maximum Gasteiger partial charge on any atom is 0.312 e. The van der Waals surface area contributed by atoms with Crippen LogP contribution in [-0.4, -0.2) is 77.9 Å². The Morgan fingerprint density at radius 1 is 1.22 bits per heavy atom. The minimum atomic E-state index is -1.22. The van der Waals surface area contributed by atoms with Crippen molar-refractivity contribution in [1.82, 2.24) is 4.90 Å². The lowest BCUT2D eigenvalue weighted by Crippen LogP contribution is -2.60. The standard InChI is InChI=1S/C32H44N2O7/c1-7-11-19-40-30(38)26-25-28(36)34(24(20-35)21(5)9-3)27(32(25)17-16-31(26,10-4)41-32)29(37)33(18-8-2)22-12-14-23(39-6)15-13-22/h7-8,12-15,21,24-27,35H,1-2,9-11,16-20H2,3-6H3/t21-,24-,25-,26-,27?,31+,32?/m0/s1. The van der Waals surface area contributed by atoms with Crippen LogP contribution in [0.5, 0.6) is 5.75 Å². The first-order valence-electron chi connectivity index (χ1n) is 14.7. The summed E-state index contributed by atoms with van der Waals surface area (Å²) in [6, 6.07) is 5.45. The Labute approximate surface area is 243 Å². The van der Waals surface area contributed by atoms with Gasteiger partial charge in [0.25, 0.3) is 5.91 Å². The summed E-state index contributed by atoms with van der Waals surface area (Å²) in [5, 5.41) is 10.6. The summed E-state index contributed by atoms with van der Waals surface area (Å²) in [5.41, 5.74) is -1.51. The molecule has 224 valence electrons. The number of hydrogen-bond acceptors (Lipinski definition) is 7. The molecule has 3 heterocycles. The van der Waals surface area contributed by atoms with E-state index in [0.29, 0.717) is 43.5 Å². The van der Waals surface area contributed by atoms with E-state index >= 15 is 0 Å². The summed E-state index contributed by atoms with van der Waals surface area (Å²) in [6.45, 7) is 13.5. The van der Waals surface area contributed by atoms with E-state index in [1.165, 1.54) is 4.90 Å². The summed E-state index contributed by atoms with van der Waals surface area (Å²) in [6.07, 6.45) is 5.97. The van der Waals surface area contributed by atoms with Crippen LogP contribution in [0.2, 0.25) is 0 Å². The van der Waals surface area contributed by atoms with Gasteiger partial charge >= 0.3 is 5.97 Å². The zero-order chi connectivity index (χ0) is 29.9. The maximum atomic E-state index is 14.7.